The van der Waals surface area contributed by atoms with Gasteiger partial charge in [0.05, 0.1) is 6.07 Å². The van der Waals surface area contributed by atoms with Crippen LogP contribution in [0.3, 0.4) is 0 Å². The van der Waals surface area contributed by atoms with Crippen molar-refractivity contribution in [3.05, 3.63) is 59.1 Å². The van der Waals surface area contributed by atoms with E-state index < -0.39 is 11.9 Å². The van der Waals surface area contributed by atoms with Gasteiger partial charge in [-0.1, -0.05) is 47.8 Å². The number of rotatable bonds is 7. The molecule has 0 radical (unpaired) electrons. The lowest BCUT2D eigenvalue weighted by molar-refractivity contribution is -0.127. The first-order chi connectivity index (χ1) is 13.7. The van der Waals surface area contributed by atoms with Crippen LogP contribution in [0.1, 0.15) is 18.4 Å². The predicted molar refractivity (Wildman–Crippen MR) is 106 cm³/mol. The van der Waals surface area contributed by atoms with Crippen molar-refractivity contribution in [1.29, 1.82) is 5.26 Å². The molecule has 1 atom stereocenters. The summed E-state index contributed by atoms with van der Waals surface area (Å²) in [5.74, 6) is -0.690. The number of aromatic nitrogens is 2. The van der Waals surface area contributed by atoms with Gasteiger partial charge in [0.15, 0.2) is 0 Å². The van der Waals surface area contributed by atoms with Crippen molar-refractivity contribution in [3.8, 4) is 16.6 Å². The molecule has 2 aromatic rings. The average Bonchev–Trinajstić information content (AvgIpc) is 3.27. The third-order valence-corrected chi connectivity index (χ3v) is 4.93. The normalized spacial score (nSPS) is 13.9. The summed E-state index contributed by atoms with van der Waals surface area (Å²) in [7, 11) is 0. The van der Waals surface area contributed by atoms with E-state index in [-0.39, 0.29) is 12.5 Å². The van der Waals surface area contributed by atoms with Gasteiger partial charge in [-0.15, -0.1) is 10.2 Å². The SMILES string of the molecule is N#CCNC(=O)[C@H](Cc1cccc(-c2nncs2)c1)NC(=O)C1=CCCC=C1. The van der Waals surface area contributed by atoms with Crippen molar-refractivity contribution in [1.82, 2.24) is 20.8 Å². The predicted octanol–water partition coefficient (Wildman–Crippen LogP) is 2.15. The molecule has 1 heterocycles. The number of carbonyl (C=O) groups is 2. The molecule has 0 bridgehead atoms. The first-order valence-corrected chi connectivity index (χ1v) is 9.73. The number of amides is 2. The second-order valence-electron chi connectivity index (χ2n) is 6.19. The van der Waals surface area contributed by atoms with Gasteiger partial charge in [-0.25, -0.2) is 0 Å². The Labute approximate surface area is 166 Å². The molecule has 1 aromatic carbocycles. The summed E-state index contributed by atoms with van der Waals surface area (Å²) < 4.78 is 0. The molecule has 1 aromatic heterocycles. The van der Waals surface area contributed by atoms with Crippen molar-refractivity contribution in [2.75, 3.05) is 6.54 Å². The summed E-state index contributed by atoms with van der Waals surface area (Å²) in [6.45, 7) is -0.112. The molecule has 7 nitrogen and oxygen atoms in total. The second-order valence-corrected chi connectivity index (χ2v) is 7.02. The van der Waals surface area contributed by atoms with Crippen LogP contribution < -0.4 is 10.6 Å². The lowest BCUT2D eigenvalue weighted by Gasteiger charge is -2.19. The van der Waals surface area contributed by atoms with E-state index in [1.807, 2.05) is 42.5 Å². The molecule has 142 valence electrons. The number of carbonyl (C=O) groups excluding carboxylic acids is 2. The van der Waals surface area contributed by atoms with Crippen LogP contribution in [-0.4, -0.2) is 34.6 Å². The first kappa shape index (κ1) is 19.5. The van der Waals surface area contributed by atoms with Crippen molar-refractivity contribution in [3.63, 3.8) is 0 Å². The third-order valence-electron chi connectivity index (χ3n) is 4.19. The fourth-order valence-corrected chi connectivity index (χ4v) is 3.40. The molecular formula is C20H19N5O2S. The highest BCUT2D eigenvalue weighted by Crippen LogP contribution is 2.22. The lowest BCUT2D eigenvalue weighted by atomic mass is 10.0. The van der Waals surface area contributed by atoms with Crippen LogP contribution in [0.25, 0.3) is 10.6 Å². The molecule has 3 rings (SSSR count). The highest BCUT2D eigenvalue weighted by atomic mass is 32.1. The largest absolute Gasteiger partial charge is 0.341 e. The Hall–Kier alpha value is -3.31. The van der Waals surface area contributed by atoms with Crippen LogP contribution in [-0.2, 0) is 16.0 Å². The molecule has 1 aliphatic rings. The van der Waals surface area contributed by atoms with Gasteiger partial charge in [-0.3, -0.25) is 9.59 Å². The maximum Gasteiger partial charge on any atom is 0.251 e. The Balaban J connectivity index is 1.77. The van der Waals surface area contributed by atoms with E-state index in [4.69, 9.17) is 5.26 Å². The molecule has 0 fully saturated rings. The summed E-state index contributed by atoms with van der Waals surface area (Å²) in [6.07, 6.45) is 7.56. The maximum atomic E-state index is 12.5. The standard InChI is InChI=1S/C20H19N5O2S/c21-9-10-22-19(27)17(24-18(26)15-6-2-1-3-7-15)12-14-5-4-8-16(11-14)20-25-23-13-28-20/h2,4-8,11,13,17H,1,3,10,12H2,(H,22,27)(H,24,26)/t17-/m0/s1. The minimum Gasteiger partial charge on any atom is -0.341 e. The van der Waals surface area contributed by atoms with E-state index in [1.54, 1.807) is 11.6 Å². The van der Waals surface area contributed by atoms with Crippen LogP contribution >= 0.6 is 11.3 Å². The molecule has 2 amide bonds. The van der Waals surface area contributed by atoms with Crippen molar-refractivity contribution in [2.24, 2.45) is 0 Å². The Morgan fingerprint density at radius 3 is 2.93 bits per heavy atom. The first-order valence-electron chi connectivity index (χ1n) is 8.85. The van der Waals surface area contributed by atoms with Gasteiger partial charge in [0.1, 0.15) is 23.1 Å². The zero-order valence-corrected chi connectivity index (χ0v) is 15.9. The maximum absolute atomic E-state index is 12.5. The van der Waals surface area contributed by atoms with E-state index in [1.165, 1.54) is 11.3 Å². The number of nitriles is 1. The molecule has 1 aliphatic carbocycles. The number of nitrogens with one attached hydrogen (secondary N) is 2. The van der Waals surface area contributed by atoms with Crippen molar-refractivity contribution < 1.29 is 9.59 Å². The number of allylic oxidation sites excluding steroid dienone is 2. The molecule has 2 N–H and O–H groups in total. The lowest BCUT2D eigenvalue weighted by Crippen LogP contribution is -2.48. The number of nitrogens with zero attached hydrogens (tertiary/aromatic N) is 3. The Bertz CT molecular complexity index is 944. The summed E-state index contributed by atoms with van der Waals surface area (Å²) >= 11 is 1.43. The summed E-state index contributed by atoms with van der Waals surface area (Å²) in [4.78, 5) is 25.0. The molecule has 28 heavy (non-hydrogen) atoms. The van der Waals surface area contributed by atoms with Gasteiger partial charge in [-0.05, 0) is 24.5 Å². The Morgan fingerprint density at radius 1 is 1.32 bits per heavy atom. The van der Waals surface area contributed by atoms with Gasteiger partial charge in [0.25, 0.3) is 5.91 Å². The molecule has 0 saturated carbocycles. The quantitative estimate of drug-likeness (QED) is 0.701. The minimum absolute atomic E-state index is 0.112. The van der Waals surface area contributed by atoms with Gasteiger partial charge in [0, 0.05) is 17.6 Å². The highest BCUT2D eigenvalue weighted by molar-refractivity contribution is 7.12. The van der Waals surface area contributed by atoms with Crippen LogP contribution in [0.5, 0.6) is 0 Å². The van der Waals surface area contributed by atoms with Crippen LogP contribution in [0.15, 0.2) is 53.6 Å². The van der Waals surface area contributed by atoms with Gasteiger partial charge >= 0.3 is 0 Å². The van der Waals surface area contributed by atoms with E-state index in [0.29, 0.717) is 12.0 Å². The molecule has 0 unspecified atom stereocenters. The van der Waals surface area contributed by atoms with E-state index in [2.05, 4.69) is 20.8 Å². The zero-order valence-electron chi connectivity index (χ0n) is 15.1. The van der Waals surface area contributed by atoms with Gasteiger partial charge in [0.2, 0.25) is 5.91 Å². The zero-order chi connectivity index (χ0) is 19.8. The van der Waals surface area contributed by atoms with E-state index in [0.717, 1.165) is 29.0 Å². The minimum atomic E-state index is -0.790. The number of benzene rings is 1. The molecule has 8 heteroatoms. The van der Waals surface area contributed by atoms with E-state index in [9.17, 15) is 9.59 Å². The number of hydrogen-bond acceptors (Lipinski definition) is 6. The molecule has 0 spiro atoms. The van der Waals surface area contributed by atoms with Crippen LogP contribution in [0, 0.1) is 11.3 Å². The molecule has 0 saturated heterocycles. The van der Waals surface area contributed by atoms with E-state index >= 15 is 0 Å². The fourth-order valence-electron chi connectivity index (χ4n) is 2.85. The molecular weight excluding hydrogens is 374 g/mol. The highest BCUT2D eigenvalue weighted by Gasteiger charge is 2.22. The fraction of sp³-hybridized carbons (Fsp3) is 0.250. The Morgan fingerprint density at radius 2 is 2.21 bits per heavy atom. The van der Waals surface area contributed by atoms with Crippen LogP contribution in [0.2, 0.25) is 0 Å². The summed E-state index contributed by atoms with van der Waals surface area (Å²) in [5, 5.41) is 22.7. The smallest absolute Gasteiger partial charge is 0.251 e. The third kappa shape index (κ3) is 5.11. The van der Waals surface area contributed by atoms with Crippen LogP contribution in [0.4, 0.5) is 0 Å². The van der Waals surface area contributed by atoms with Crippen molar-refractivity contribution in [2.45, 2.75) is 25.3 Å². The molecule has 0 aliphatic heterocycles. The average molecular weight is 393 g/mol. The monoisotopic (exact) mass is 393 g/mol. The topological polar surface area (TPSA) is 108 Å². The Kier molecular flexibility index (Phi) is 6.65. The summed E-state index contributed by atoms with van der Waals surface area (Å²) in [5.41, 5.74) is 3.98. The second kappa shape index (κ2) is 9.58. The summed E-state index contributed by atoms with van der Waals surface area (Å²) in [6, 6.07) is 8.71. The van der Waals surface area contributed by atoms with Crippen molar-refractivity contribution >= 4 is 23.2 Å². The number of hydrogen-bond donors (Lipinski definition) is 2. The van der Waals surface area contributed by atoms with Gasteiger partial charge < -0.3 is 10.6 Å². The van der Waals surface area contributed by atoms with Gasteiger partial charge in [-0.2, -0.15) is 5.26 Å².